The Morgan fingerprint density at radius 1 is 1.10 bits per heavy atom. The van der Waals surface area contributed by atoms with Crippen LogP contribution < -0.4 is 10.1 Å². The smallest absolute Gasteiger partial charge is 0.137 e. The van der Waals surface area contributed by atoms with Crippen molar-refractivity contribution in [3.05, 3.63) is 24.0 Å². The highest BCUT2D eigenvalue weighted by Crippen LogP contribution is 2.19. The molecular weight excluding hydrogens is 260 g/mol. The Bertz CT molecular complexity index is 373. The second kappa shape index (κ2) is 9.78. The molecule has 0 unspecified atom stereocenters. The lowest BCUT2D eigenvalue weighted by atomic mass is 10.1. The Balaban J connectivity index is 1.49. The minimum atomic E-state index is 0.736. The summed E-state index contributed by atoms with van der Waals surface area (Å²) < 4.78 is 5.74. The highest BCUT2D eigenvalue weighted by molar-refractivity contribution is 5.19. The molecular formula is C18H30N2O. The van der Waals surface area contributed by atoms with Crippen LogP contribution in [0, 0.1) is 0 Å². The molecule has 0 atom stereocenters. The first-order chi connectivity index (χ1) is 10.4. The number of hydrogen-bond donors (Lipinski definition) is 1. The molecule has 1 fully saturated rings. The molecule has 1 N–H and O–H groups in total. The molecule has 1 aromatic rings. The van der Waals surface area contributed by atoms with Crippen LogP contribution in [-0.4, -0.2) is 17.6 Å². The monoisotopic (exact) mass is 290 g/mol. The maximum Gasteiger partial charge on any atom is 0.137 e. The average molecular weight is 290 g/mol. The van der Waals surface area contributed by atoms with Gasteiger partial charge in [0, 0.05) is 12.6 Å². The largest absolute Gasteiger partial charge is 0.492 e. The number of pyridine rings is 1. The van der Waals surface area contributed by atoms with E-state index in [9.17, 15) is 0 Å². The fourth-order valence-corrected chi connectivity index (χ4v) is 2.39. The van der Waals surface area contributed by atoms with Crippen LogP contribution in [0.15, 0.2) is 18.3 Å². The van der Waals surface area contributed by atoms with E-state index >= 15 is 0 Å². The standard InChI is InChI=1S/C18H30N2O/c1-2-3-4-5-6-7-8-13-21-18-12-11-17(20-15-18)14-19-16-9-10-16/h11-12,15-16,19H,2-10,13-14H2,1H3. The zero-order chi connectivity index (χ0) is 14.8. The van der Waals surface area contributed by atoms with E-state index in [0.29, 0.717) is 0 Å². The number of nitrogens with one attached hydrogen (secondary N) is 1. The van der Waals surface area contributed by atoms with Crippen molar-refractivity contribution < 1.29 is 4.74 Å². The zero-order valence-corrected chi connectivity index (χ0v) is 13.4. The van der Waals surface area contributed by atoms with Gasteiger partial charge in [-0.25, -0.2) is 0 Å². The molecule has 1 aliphatic rings. The van der Waals surface area contributed by atoms with Crippen molar-refractivity contribution in [2.75, 3.05) is 6.61 Å². The van der Waals surface area contributed by atoms with Crippen molar-refractivity contribution in [2.24, 2.45) is 0 Å². The molecule has 3 nitrogen and oxygen atoms in total. The molecule has 0 amide bonds. The summed E-state index contributed by atoms with van der Waals surface area (Å²) in [6.07, 6.45) is 13.7. The number of unbranched alkanes of at least 4 members (excludes halogenated alkanes) is 6. The second-order valence-electron chi connectivity index (χ2n) is 6.11. The maximum atomic E-state index is 5.74. The molecule has 1 aromatic heterocycles. The predicted molar refractivity (Wildman–Crippen MR) is 87.6 cm³/mol. The van der Waals surface area contributed by atoms with Gasteiger partial charge in [0.2, 0.25) is 0 Å². The van der Waals surface area contributed by atoms with Crippen molar-refractivity contribution in [3.63, 3.8) is 0 Å². The molecule has 0 spiro atoms. The lowest BCUT2D eigenvalue weighted by molar-refractivity contribution is 0.303. The first-order valence-corrected chi connectivity index (χ1v) is 8.69. The van der Waals surface area contributed by atoms with Gasteiger partial charge in [-0.1, -0.05) is 45.4 Å². The summed E-state index contributed by atoms with van der Waals surface area (Å²) in [6.45, 7) is 3.95. The number of ether oxygens (including phenoxy) is 1. The van der Waals surface area contributed by atoms with Crippen LogP contribution in [0.2, 0.25) is 0 Å². The third-order valence-electron chi connectivity index (χ3n) is 3.96. The topological polar surface area (TPSA) is 34.1 Å². The quantitative estimate of drug-likeness (QED) is 0.577. The van der Waals surface area contributed by atoms with Crippen molar-refractivity contribution in [2.45, 2.75) is 77.3 Å². The summed E-state index contributed by atoms with van der Waals surface area (Å²) in [5.74, 6) is 0.899. The molecule has 0 saturated heterocycles. The first kappa shape index (κ1) is 16.3. The van der Waals surface area contributed by atoms with Crippen LogP contribution >= 0.6 is 0 Å². The highest BCUT2D eigenvalue weighted by Gasteiger charge is 2.19. The lowest BCUT2D eigenvalue weighted by Crippen LogP contribution is -2.16. The Morgan fingerprint density at radius 2 is 1.86 bits per heavy atom. The van der Waals surface area contributed by atoms with Gasteiger partial charge < -0.3 is 10.1 Å². The Morgan fingerprint density at radius 3 is 2.52 bits per heavy atom. The predicted octanol–water partition coefficient (Wildman–Crippen LogP) is 4.46. The summed E-state index contributed by atoms with van der Waals surface area (Å²) in [5.41, 5.74) is 1.10. The molecule has 118 valence electrons. The van der Waals surface area contributed by atoms with Crippen LogP contribution in [0.4, 0.5) is 0 Å². The van der Waals surface area contributed by atoms with E-state index in [4.69, 9.17) is 4.74 Å². The van der Waals surface area contributed by atoms with Crippen molar-refractivity contribution in [1.82, 2.24) is 10.3 Å². The molecule has 1 aliphatic carbocycles. The molecule has 0 bridgehead atoms. The van der Waals surface area contributed by atoms with Crippen molar-refractivity contribution >= 4 is 0 Å². The van der Waals surface area contributed by atoms with Crippen LogP contribution in [0.1, 0.15) is 70.4 Å². The number of rotatable bonds is 12. The van der Waals surface area contributed by atoms with Gasteiger partial charge in [-0.15, -0.1) is 0 Å². The van der Waals surface area contributed by atoms with Crippen molar-refractivity contribution in [1.29, 1.82) is 0 Å². The number of aromatic nitrogens is 1. The van der Waals surface area contributed by atoms with Crippen molar-refractivity contribution in [3.8, 4) is 5.75 Å². The van der Waals surface area contributed by atoms with Gasteiger partial charge in [0.25, 0.3) is 0 Å². The van der Waals surface area contributed by atoms with Gasteiger partial charge in [0.1, 0.15) is 5.75 Å². The van der Waals surface area contributed by atoms with Gasteiger partial charge in [-0.2, -0.15) is 0 Å². The fraction of sp³-hybridized carbons (Fsp3) is 0.722. The fourth-order valence-electron chi connectivity index (χ4n) is 2.39. The summed E-state index contributed by atoms with van der Waals surface area (Å²) in [4.78, 5) is 4.44. The normalized spacial score (nSPS) is 14.3. The maximum absolute atomic E-state index is 5.74. The summed E-state index contributed by atoms with van der Waals surface area (Å²) in [6, 6.07) is 4.84. The van der Waals surface area contributed by atoms with E-state index in [0.717, 1.165) is 37.1 Å². The van der Waals surface area contributed by atoms with Gasteiger partial charge in [-0.05, 0) is 31.4 Å². The first-order valence-electron chi connectivity index (χ1n) is 8.69. The Labute approximate surface area is 129 Å². The third kappa shape index (κ3) is 7.47. The molecule has 3 heteroatoms. The Kier molecular flexibility index (Phi) is 7.58. The van der Waals surface area contributed by atoms with E-state index < -0.39 is 0 Å². The summed E-state index contributed by atoms with van der Waals surface area (Å²) >= 11 is 0. The third-order valence-corrected chi connectivity index (χ3v) is 3.96. The minimum Gasteiger partial charge on any atom is -0.492 e. The van der Waals surface area contributed by atoms with E-state index in [2.05, 4.69) is 23.3 Å². The van der Waals surface area contributed by atoms with Gasteiger partial charge in [0.15, 0.2) is 0 Å². The minimum absolute atomic E-state index is 0.736. The highest BCUT2D eigenvalue weighted by atomic mass is 16.5. The van der Waals surface area contributed by atoms with Crippen LogP contribution in [0.5, 0.6) is 5.75 Å². The molecule has 1 saturated carbocycles. The molecule has 1 heterocycles. The van der Waals surface area contributed by atoms with Crippen LogP contribution in [-0.2, 0) is 6.54 Å². The van der Waals surface area contributed by atoms with E-state index in [1.807, 2.05) is 12.3 Å². The van der Waals surface area contributed by atoms with Crippen LogP contribution in [0.3, 0.4) is 0 Å². The van der Waals surface area contributed by atoms with Gasteiger partial charge in [0.05, 0.1) is 18.5 Å². The van der Waals surface area contributed by atoms with Crippen LogP contribution in [0.25, 0.3) is 0 Å². The molecule has 0 aromatic carbocycles. The Hall–Kier alpha value is -1.09. The lowest BCUT2D eigenvalue weighted by Gasteiger charge is -2.07. The van der Waals surface area contributed by atoms with E-state index in [1.165, 1.54) is 51.4 Å². The molecule has 2 rings (SSSR count). The number of hydrogen-bond acceptors (Lipinski definition) is 3. The van der Waals surface area contributed by atoms with E-state index in [1.54, 1.807) is 0 Å². The van der Waals surface area contributed by atoms with Gasteiger partial charge in [-0.3, -0.25) is 4.98 Å². The molecule has 21 heavy (non-hydrogen) atoms. The zero-order valence-electron chi connectivity index (χ0n) is 13.4. The summed E-state index contributed by atoms with van der Waals surface area (Å²) in [5, 5.41) is 3.47. The second-order valence-corrected chi connectivity index (χ2v) is 6.11. The average Bonchev–Trinajstić information content (AvgIpc) is 3.33. The SMILES string of the molecule is CCCCCCCCCOc1ccc(CNC2CC2)nc1. The van der Waals surface area contributed by atoms with Gasteiger partial charge >= 0.3 is 0 Å². The van der Waals surface area contributed by atoms with E-state index in [-0.39, 0.29) is 0 Å². The molecule has 0 radical (unpaired) electrons. The molecule has 0 aliphatic heterocycles. The number of nitrogens with zero attached hydrogens (tertiary/aromatic N) is 1. The summed E-state index contributed by atoms with van der Waals surface area (Å²) in [7, 11) is 0.